The van der Waals surface area contributed by atoms with Crippen molar-refractivity contribution in [3.63, 3.8) is 0 Å². The van der Waals surface area contributed by atoms with Gasteiger partial charge >= 0.3 is 5.97 Å². The van der Waals surface area contributed by atoms with E-state index in [1.54, 1.807) is 24.3 Å². The number of nitrogens with two attached hydrogens (primary N) is 1. The number of aliphatic carboxylic acids is 1. The average molecular weight is 205 g/mol. The summed E-state index contributed by atoms with van der Waals surface area (Å²) < 4.78 is 4.95. The molecule has 0 amide bonds. The van der Waals surface area contributed by atoms with Crippen molar-refractivity contribution in [2.45, 2.75) is 0 Å². The van der Waals surface area contributed by atoms with Crippen molar-refractivity contribution in [3.8, 4) is 17.6 Å². The van der Waals surface area contributed by atoms with Gasteiger partial charge in [0.2, 0.25) is 0 Å². The van der Waals surface area contributed by atoms with Crippen LogP contribution in [0, 0.1) is 11.8 Å². The highest BCUT2D eigenvalue weighted by atomic mass is 16.5. The maximum absolute atomic E-state index is 10.2. The van der Waals surface area contributed by atoms with Gasteiger partial charge in [0.25, 0.3) is 0 Å². The molecular formula is C11H11NO3. The molecule has 3 N–H and O–H groups in total. The van der Waals surface area contributed by atoms with Gasteiger partial charge in [-0.3, -0.25) is 0 Å². The van der Waals surface area contributed by atoms with E-state index in [0.29, 0.717) is 12.3 Å². The first-order valence-corrected chi connectivity index (χ1v) is 4.36. The van der Waals surface area contributed by atoms with Crippen LogP contribution < -0.4 is 10.5 Å². The molecule has 1 aromatic carbocycles. The van der Waals surface area contributed by atoms with Gasteiger partial charge in [-0.2, -0.15) is 0 Å². The molecule has 0 saturated carbocycles. The molecule has 78 valence electrons. The molecule has 15 heavy (non-hydrogen) atoms. The molecule has 0 aliphatic rings. The van der Waals surface area contributed by atoms with Gasteiger partial charge < -0.3 is 15.6 Å². The summed E-state index contributed by atoms with van der Waals surface area (Å²) in [6.45, 7) is -0.0227. The number of hydrogen-bond acceptors (Lipinski definition) is 3. The van der Waals surface area contributed by atoms with Gasteiger partial charge in [-0.05, 0) is 24.3 Å². The third-order valence-corrected chi connectivity index (χ3v) is 1.55. The molecule has 0 aromatic heterocycles. The summed E-state index contributed by atoms with van der Waals surface area (Å²) in [5, 5.41) is 8.38. The predicted molar refractivity (Wildman–Crippen MR) is 55.5 cm³/mol. The van der Waals surface area contributed by atoms with Crippen molar-refractivity contribution in [1.82, 2.24) is 0 Å². The van der Waals surface area contributed by atoms with Gasteiger partial charge in [-0.1, -0.05) is 11.8 Å². The Labute approximate surface area is 87.7 Å². The van der Waals surface area contributed by atoms with Crippen molar-refractivity contribution in [1.29, 1.82) is 0 Å². The summed E-state index contributed by atoms with van der Waals surface area (Å²) in [6, 6.07) is 6.84. The molecule has 0 unspecified atom stereocenters. The zero-order valence-corrected chi connectivity index (χ0v) is 8.06. The van der Waals surface area contributed by atoms with Crippen LogP contribution in [0.2, 0.25) is 0 Å². The van der Waals surface area contributed by atoms with Crippen LogP contribution in [0.1, 0.15) is 5.56 Å². The Morgan fingerprint density at radius 2 is 2.07 bits per heavy atom. The Morgan fingerprint density at radius 3 is 2.60 bits per heavy atom. The molecule has 0 atom stereocenters. The fourth-order valence-corrected chi connectivity index (χ4v) is 0.933. The number of ether oxygens (including phenoxy) is 1. The van der Waals surface area contributed by atoms with E-state index >= 15 is 0 Å². The Kier molecular flexibility index (Phi) is 4.20. The second-order valence-electron chi connectivity index (χ2n) is 2.71. The first-order chi connectivity index (χ1) is 7.22. The van der Waals surface area contributed by atoms with Crippen molar-refractivity contribution in [2.75, 3.05) is 13.2 Å². The molecule has 1 aromatic rings. The van der Waals surface area contributed by atoms with E-state index in [-0.39, 0.29) is 6.61 Å². The van der Waals surface area contributed by atoms with E-state index in [1.165, 1.54) is 0 Å². The molecule has 0 heterocycles. The van der Waals surface area contributed by atoms with Crippen LogP contribution in [-0.4, -0.2) is 24.2 Å². The second-order valence-corrected chi connectivity index (χ2v) is 2.71. The van der Waals surface area contributed by atoms with Gasteiger partial charge in [0.05, 0.1) is 6.54 Å². The van der Waals surface area contributed by atoms with Crippen LogP contribution in [0.4, 0.5) is 0 Å². The lowest BCUT2D eigenvalue weighted by molar-refractivity contribution is -0.139. The monoisotopic (exact) mass is 205 g/mol. The van der Waals surface area contributed by atoms with Gasteiger partial charge in [0, 0.05) is 5.56 Å². The number of rotatable bonds is 3. The topological polar surface area (TPSA) is 72.5 Å². The molecule has 0 spiro atoms. The Morgan fingerprint density at radius 1 is 1.40 bits per heavy atom. The smallest absolute Gasteiger partial charge is 0.341 e. The van der Waals surface area contributed by atoms with E-state index in [1.807, 2.05) is 0 Å². The highest BCUT2D eigenvalue weighted by Gasteiger charge is 1.98. The molecule has 0 fully saturated rings. The largest absolute Gasteiger partial charge is 0.482 e. The highest BCUT2D eigenvalue weighted by Crippen LogP contribution is 2.11. The predicted octanol–water partition coefficient (Wildman–Crippen LogP) is 0.460. The first-order valence-electron chi connectivity index (χ1n) is 4.36. The lowest BCUT2D eigenvalue weighted by Gasteiger charge is -2.01. The van der Waals surface area contributed by atoms with Crippen LogP contribution in [0.15, 0.2) is 24.3 Å². The first kappa shape index (κ1) is 11.1. The van der Waals surface area contributed by atoms with Crippen molar-refractivity contribution in [3.05, 3.63) is 29.8 Å². The summed E-state index contributed by atoms with van der Waals surface area (Å²) >= 11 is 0. The number of benzene rings is 1. The van der Waals surface area contributed by atoms with Crippen LogP contribution in [-0.2, 0) is 4.79 Å². The third-order valence-electron chi connectivity index (χ3n) is 1.55. The molecule has 1 rings (SSSR count). The van der Waals surface area contributed by atoms with E-state index < -0.39 is 5.97 Å². The SMILES string of the molecule is NCC#Cc1ccc(OCC(=O)O)cc1. The Balaban J connectivity index is 2.60. The molecule has 0 aliphatic carbocycles. The number of carbonyl (C=O) groups is 1. The van der Waals surface area contributed by atoms with Crippen LogP contribution in [0.25, 0.3) is 0 Å². The molecular weight excluding hydrogens is 194 g/mol. The van der Waals surface area contributed by atoms with E-state index in [2.05, 4.69) is 11.8 Å². The standard InChI is InChI=1S/C11H11NO3/c12-7-1-2-9-3-5-10(6-4-9)15-8-11(13)14/h3-6H,7-8,12H2,(H,13,14). The Bertz CT molecular complexity index is 387. The summed E-state index contributed by atoms with van der Waals surface area (Å²) in [5.74, 6) is 5.08. The maximum atomic E-state index is 10.2. The fraction of sp³-hybridized carbons (Fsp3) is 0.182. The zero-order valence-electron chi connectivity index (χ0n) is 8.06. The van der Waals surface area contributed by atoms with Gasteiger partial charge in [-0.15, -0.1) is 0 Å². The van der Waals surface area contributed by atoms with Crippen molar-refractivity contribution < 1.29 is 14.6 Å². The molecule has 4 nitrogen and oxygen atoms in total. The van der Waals surface area contributed by atoms with E-state index in [4.69, 9.17) is 15.6 Å². The van der Waals surface area contributed by atoms with Crippen molar-refractivity contribution in [2.24, 2.45) is 5.73 Å². The third kappa shape index (κ3) is 4.16. The minimum Gasteiger partial charge on any atom is -0.482 e. The van der Waals surface area contributed by atoms with E-state index in [0.717, 1.165) is 5.56 Å². The minimum atomic E-state index is -0.998. The summed E-state index contributed by atoms with van der Waals surface area (Å²) in [7, 11) is 0. The maximum Gasteiger partial charge on any atom is 0.341 e. The lowest BCUT2D eigenvalue weighted by atomic mass is 10.2. The van der Waals surface area contributed by atoms with Gasteiger partial charge in [0.15, 0.2) is 6.61 Å². The number of carboxylic acids is 1. The average Bonchev–Trinajstić information content (AvgIpc) is 2.25. The highest BCUT2D eigenvalue weighted by molar-refractivity contribution is 5.68. The van der Waals surface area contributed by atoms with E-state index in [9.17, 15) is 4.79 Å². The fourth-order valence-electron chi connectivity index (χ4n) is 0.933. The summed E-state index contributed by atoms with van der Waals surface area (Å²) in [5.41, 5.74) is 6.05. The van der Waals surface area contributed by atoms with Crippen LogP contribution in [0.3, 0.4) is 0 Å². The van der Waals surface area contributed by atoms with Gasteiger partial charge in [-0.25, -0.2) is 4.79 Å². The molecule has 4 heteroatoms. The zero-order chi connectivity index (χ0) is 11.1. The molecule has 0 aliphatic heterocycles. The molecule has 0 bridgehead atoms. The normalized spacial score (nSPS) is 8.87. The van der Waals surface area contributed by atoms with Crippen LogP contribution >= 0.6 is 0 Å². The van der Waals surface area contributed by atoms with Crippen molar-refractivity contribution >= 4 is 5.97 Å². The summed E-state index contributed by atoms with van der Waals surface area (Å²) in [6.07, 6.45) is 0. The Hall–Kier alpha value is -1.99. The molecule has 0 radical (unpaired) electrons. The van der Waals surface area contributed by atoms with Crippen LogP contribution in [0.5, 0.6) is 5.75 Å². The number of carboxylic acid groups (broad SMARTS) is 1. The number of hydrogen-bond donors (Lipinski definition) is 2. The summed E-state index contributed by atoms with van der Waals surface area (Å²) in [4.78, 5) is 10.2. The minimum absolute atomic E-state index is 0.317. The quantitative estimate of drug-likeness (QED) is 0.703. The second kappa shape index (κ2) is 5.68. The molecule has 0 saturated heterocycles. The van der Waals surface area contributed by atoms with Gasteiger partial charge in [0.1, 0.15) is 5.75 Å². The lowest BCUT2D eigenvalue weighted by Crippen LogP contribution is -2.09.